The standard InChI is InChI=1S/C21H30N4O/c1-15(2)25-19(7-11-23-25)18-14-17(6-10-22-18)16-8-12-24(13-9-16)20(26)21(3,4)5/h6-7,10-11,14-16H,8-9,12-13H2,1-5H3. The lowest BCUT2D eigenvalue weighted by Crippen LogP contribution is -2.43. The van der Waals surface area contributed by atoms with Crippen LogP contribution in [-0.2, 0) is 4.79 Å². The molecule has 3 heterocycles. The lowest BCUT2D eigenvalue weighted by atomic mass is 9.87. The van der Waals surface area contributed by atoms with Crippen LogP contribution >= 0.6 is 0 Å². The van der Waals surface area contributed by atoms with Crippen LogP contribution in [0, 0.1) is 5.41 Å². The minimum Gasteiger partial charge on any atom is -0.342 e. The summed E-state index contributed by atoms with van der Waals surface area (Å²) < 4.78 is 2.01. The second kappa shape index (κ2) is 7.22. The zero-order chi connectivity index (χ0) is 18.9. The van der Waals surface area contributed by atoms with Crippen molar-refractivity contribution in [3.05, 3.63) is 36.2 Å². The van der Waals surface area contributed by atoms with Crippen molar-refractivity contribution < 1.29 is 4.79 Å². The van der Waals surface area contributed by atoms with E-state index in [4.69, 9.17) is 0 Å². The summed E-state index contributed by atoms with van der Waals surface area (Å²) in [6.45, 7) is 11.9. The topological polar surface area (TPSA) is 51.0 Å². The van der Waals surface area contributed by atoms with Crippen molar-refractivity contribution in [2.24, 2.45) is 5.41 Å². The van der Waals surface area contributed by atoms with Gasteiger partial charge in [-0.05, 0) is 56.4 Å². The van der Waals surface area contributed by atoms with Gasteiger partial charge in [-0.25, -0.2) is 0 Å². The number of pyridine rings is 1. The molecule has 0 N–H and O–H groups in total. The largest absolute Gasteiger partial charge is 0.342 e. The average molecular weight is 354 g/mol. The second-order valence-electron chi connectivity index (χ2n) is 8.55. The molecule has 0 aliphatic carbocycles. The van der Waals surface area contributed by atoms with Crippen LogP contribution in [0.5, 0.6) is 0 Å². The van der Waals surface area contributed by atoms with E-state index in [1.165, 1.54) is 5.56 Å². The Morgan fingerprint density at radius 2 is 1.85 bits per heavy atom. The molecule has 1 aliphatic heterocycles. The number of hydrogen-bond donors (Lipinski definition) is 0. The molecule has 0 bridgehead atoms. The highest BCUT2D eigenvalue weighted by molar-refractivity contribution is 5.81. The first kappa shape index (κ1) is 18.6. The fourth-order valence-corrected chi connectivity index (χ4v) is 3.66. The number of aromatic nitrogens is 3. The van der Waals surface area contributed by atoms with Gasteiger partial charge in [0.15, 0.2) is 0 Å². The third-order valence-electron chi connectivity index (χ3n) is 5.10. The predicted octanol–water partition coefficient (Wildman–Crippen LogP) is 4.28. The van der Waals surface area contributed by atoms with E-state index in [1.54, 1.807) is 0 Å². The molecule has 1 aliphatic rings. The molecule has 1 amide bonds. The summed E-state index contributed by atoms with van der Waals surface area (Å²) in [5, 5.41) is 4.42. The Kier molecular flexibility index (Phi) is 5.17. The van der Waals surface area contributed by atoms with Gasteiger partial charge in [-0.3, -0.25) is 14.5 Å². The van der Waals surface area contributed by atoms with Gasteiger partial charge in [0.1, 0.15) is 0 Å². The zero-order valence-corrected chi connectivity index (χ0v) is 16.6. The summed E-state index contributed by atoms with van der Waals surface area (Å²) in [5.74, 6) is 0.739. The number of amides is 1. The highest BCUT2D eigenvalue weighted by Crippen LogP contribution is 2.32. The molecule has 1 saturated heterocycles. The fraction of sp³-hybridized carbons (Fsp3) is 0.571. The first-order chi connectivity index (χ1) is 12.3. The van der Waals surface area contributed by atoms with E-state index >= 15 is 0 Å². The van der Waals surface area contributed by atoms with Crippen LogP contribution in [0.1, 0.15) is 65.0 Å². The normalized spacial score (nSPS) is 16.3. The van der Waals surface area contributed by atoms with Crippen molar-refractivity contribution >= 4 is 5.91 Å². The van der Waals surface area contributed by atoms with Crippen LogP contribution in [0.4, 0.5) is 0 Å². The van der Waals surface area contributed by atoms with E-state index in [9.17, 15) is 4.79 Å². The summed E-state index contributed by atoms with van der Waals surface area (Å²) >= 11 is 0. The summed E-state index contributed by atoms with van der Waals surface area (Å²) in [5.41, 5.74) is 3.05. The van der Waals surface area contributed by atoms with Crippen LogP contribution in [0.3, 0.4) is 0 Å². The minimum absolute atomic E-state index is 0.257. The van der Waals surface area contributed by atoms with Gasteiger partial charge in [0.05, 0.1) is 11.4 Å². The summed E-state index contributed by atoms with van der Waals surface area (Å²) in [6.07, 6.45) is 5.75. The molecule has 0 spiro atoms. The van der Waals surface area contributed by atoms with E-state index in [0.717, 1.165) is 37.3 Å². The van der Waals surface area contributed by atoms with E-state index in [0.29, 0.717) is 12.0 Å². The Hall–Kier alpha value is -2.17. The molecule has 26 heavy (non-hydrogen) atoms. The predicted molar refractivity (Wildman–Crippen MR) is 104 cm³/mol. The molecule has 0 atom stereocenters. The van der Waals surface area contributed by atoms with E-state index in [1.807, 2.05) is 48.8 Å². The van der Waals surface area contributed by atoms with Crippen LogP contribution < -0.4 is 0 Å². The molecule has 5 nitrogen and oxygen atoms in total. The summed E-state index contributed by atoms with van der Waals surface area (Å²) in [7, 11) is 0. The van der Waals surface area contributed by atoms with E-state index in [2.05, 4.69) is 36.1 Å². The Morgan fingerprint density at radius 3 is 2.46 bits per heavy atom. The van der Waals surface area contributed by atoms with Gasteiger partial charge in [-0.1, -0.05) is 20.8 Å². The van der Waals surface area contributed by atoms with Gasteiger partial charge in [0.25, 0.3) is 0 Å². The van der Waals surface area contributed by atoms with Gasteiger partial charge in [0, 0.05) is 36.9 Å². The van der Waals surface area contributed by atoms with Crippen LogP contribution in [0.25, 0.3) is 11.4 Å². The van der Waals surface area contributed by atoms with Crippen molar-refractivity contribution in [2.45, 2.75) is 59.4 Å². The maximum absolute atomic E-state index is 12.5. The minimum atomic E-state index is -0.300. The average Bonchev–Trinajstić information content (AvgIpc) is 3.11. The summed E-state index contributed by atoms with van der Waals surface area (Å²) in [6, 6.07) is 6.64. The molecule has 0 saturated carbocycles. The first-order valence-electron chi connectivity index (χ1n) is 9.56. The number of carbonyl (C=O) groups excluding carboxylic acids is 1. The Labute approximate surface area is 156 Å². The lowest BCUT2D eigenvalue weighted by molar-refractivity contribution is -0.140. The SMILES string of the molecule is CC(C)n1nccc1-c1cc(C2CCN(C(=O)C(C)(C)C)CC2)ccn1. The third-order valence-corrected chi connectivity index (χ3v) is 5.10. The van der Waals surface area contributed by atoms with Crippen molar-refractivity contribution in [3.63, 3.8) is 0 Å². The number of likely N-dealkylation sites (tertiary alicyclic amines) is 1. The molecule has 0 radical (unpaired) electrons. The van der Waals surface area contributed by atoms with Crippen LogP contribution in [-0.4, -0.2) is 38.7 Å². The molecular weight excluding hydrogens is 324 g/mol. The van der Waals surface area contributed by atoms with Crippen molar-refractivity contribution in [3.8, 4) is 11.4 Å². The maximum Gasteiger partial charge on any atom is 0.227 e. The molecule has 1 fully saturated rings. The van der Waals surface area contributed by atoms with Gasteiger partial charge in [-0.15, -0.1) is 0 Å². The number of nitrogens with zero attached hydrogens (tertiary/aromatic N) is 4. The highest BCUT2D eigenvalue weighted by Gasteiger charge is 2.30. The Balaban J connectivity index is 1.74. The third kappa shape index (κ3) is 3.81. The van der Waals surface area contributed by atoms with E-state index < -0.39 is 0 Å². The number of carbonyl (C=O) groups is 1. The van der Waals surface area contributed by atoms with Gasteiger partial charge >= 0.3 is 0 Å². The zero-order valence-electron chi connectivity index (χ0n) is 16.6. The van der Waals surface area contributed by atoms with Crippen LogP contribution in [0.15, 0.2) is 30.6 Å². The van der Waals surface area contributed by atoms with Gasteiger partial charge in [-0.2, -0.15) is 5.10 Å². The van der Waals surface area contributed by atoms with Crippen molar-refractivity contribution in [2.75, 3.05) is 13.1 Å². The number of piperidine rings is 1. The molecule has 2 aromatic heterocycles. The van der Waals surface area contributed by atoms with Crippen LogP contribution in [0.2, 0.25) is 0 Å². The van der Waals surface area contributed by atoms with Crippen molar-refractivity contribution in [1.82, 2.24) is 19.7 Å². The molecule has 0 unspecified atom stereocenters. The van der Waals surface area contributed by atoms with Crippen molar-refractivity contribution in [1.29, 1.82) is 0 Å². The quantitative estimate of drug-likeness (QED) is 0.827. The first-order valence-corrected chi connectivity index (χ1v) is 9.56. The molecule has 0 aromatic carbocycles. The number of hydrogen-bond acceptors (Lipinski definition) is 3. The smallest absolute Gasteiger partial charge is 0.227 e. The monoisotopic (exact) mass is 354 g/mol. The molecule has 5 heteroatoms. The lowest BCUT2D eigenvalue weighted by Gasteiger charge is -2.36. The van der Waals surface area contributed by atoms with Gasteiger partial charge < -0.3 is 4.90 Å². The van der Waals surface area contributed by atoms with E-state index in [-0.39, 0.29) is 11.3 Å². The Morgan fingerprint density at radius 1 is 1.15 bits per heavy atom. The molecule has 3 rings (SSSR count). The van der Waals surface area contributed by atoms with Gasteiger partial charge in [0.2, 0.25) is 5.91 Å². The summed E-state index contributed by atoms with van der Waals surface area (Å²) in [4.78, 5) is 19.1. The molecular formula is C21H30N4O. The highest BCUT2D eigenvalue weighted by atomic mass is 16.2. The molecule has 140 valence electrons. The fourth-order valence-electron chi connectivity index (χ4n) is 3.66. The second-order valence-corrected chi connectivity index (χ2v) is 8.55. The molecule has 2 aromatic rings. The number of rotatable bonds is 3. The Bertz CT molecular complexity index is 764. The maximum atomic E-state index is 12.5.